The van der Waals surface area contributed by atoms with Crippen LogP contribution in [0, 0.1) is 11.7 Å². The smallest absolute Gasteiger partial charge is 0.258 e. The number of nitrogens with one attached hydrogen (secondary N) is 1. The van der Waals surface area contributed by atoms with Gasteiger partial charge in [-0.2, -0.15) is 0 Å². The summed E-state index contributed by atoms with van der Waals surface area (Å²) < 4.78 is 19.4. The molecular formula is C19H17ClFN3O2. The maximum absolute atomic E-state index is 13.8. The highest BCUT2D eigenvalue weighted by Crippen LogP contribution is 2.28. The molecule has 134 valence electrons. The van der Waals surface area contributed by atoms with E-state index in [1.54, 1.807) is 18.2 Å². The third-order valence-electron chi connectivity index (χ3n) is 3.55. The van der Waals surface area contributed by atoms with Crippen molar-refractivity contribution in [3.63, 3.8) is 0 Å². The number of halogens is 2. The molecule has 0 aliphatic carbocycles. The summed E-state index contributed by atoms with van der Waals surface area (Å²) in [5.74, 6) is -0.145. The van der Waals surface area contributed by atoms with Gasteiger partial charge in [0, 0.05) is 24.1 Å². The molecule has 0 atom stereocenters. The average Bonchev–Trinajstić information content (AvgIpc) is 2.60. The second-order valence-electron chi connectivity index (χ2n) is 6.18. The van der Waals surface area contributed by atoms with Crippen LogP contribution in [0.2, 0.25) is 5.02 Å². The predicted molar refractivity (Wildman–Crippen MR) is 99.2 cm³/mol. The second kappa shape index (κ2) is 7.66. The van der Waals surface area contributed by atoms with Gasteiger partial charge in [-0.25, -0.2) is 4.39 Å². The molecule has 1 aromatic heterocycles. The van der Waals surface area contributed by atoms with E-state index < -0.39 is 11.7 Å². The lowest BCUT2D eigenvalue weighted by atomic mass is 10.1. The summed E-state index contributed by atoms with van der Waals surface area (Å²) in [5, 5.41) is 3.08. The lowest BCUT2D eigenvalue weighted by molar-refractivity contribution is 0.102. The Morgan fingerprint density at radius 2 is 2.00 bits per heavy atom. The van der Waals surface area contributed by atoms with Crippen LogP contribution in [0.25, 0.3) is 11.0 Å². The van der Waals surface area contributed by atoms with Gasteiger partial charge in [-0.15, -0.1) is 0 Å². The van der Waals surface area contributed by atoms with Crippen LogP contribution in [0.4, 0.5) is 10.1 Å². The molecule has 2 aromatic carbocycles. The molecular weight excluding hydrogens is 357 g/mol. The van der Waals surface area contributed by atoms with Crippen LogP contribution in [0.3, 0.4) is 0 Å². The highest BCUT2D eigenvalue weighted by Gasteiger charge is 2.15. The molecule has 0 saturated carbocycles. The molecule has 1 N–H and O–H groups in total. The minimum absolute atomic E-state index is 0.101. The number of nitrogens with zero attached hydrogens (tertiary/aromatic N) is 2. The van der Waals surface area contributed by atoms with Gasteiger partial charge < -0.3 is 10.1 Å². The van der Waals surface area contributed by atoms with E-state index in [9.17, 15) is 9.18 Å². The fourth-order valence-electron chi connectivity index (χ4n) is 2.36. The van der Waals surface area contributed by atoms with E-state index in [0.29, 0.717) is 40.0 Å². The molecule has 0 radical (unpaired) electrons. The Morgan fingerprint density at radius 1 is 1.23 bits per heavy atom. The number of amides is 1. The first-order valence-corrected chi connectivity index (χ1v) is 8.46. The number of benzene rings is 2. The SMILES string of the molecule is CC(C)COc1ccc(NC(=O)c2cc(F)cc3nccnc23)cc1Cl. The van der Waals surface area contributed by atoms with Gasteiger partial charge in [0.15, 0.2) is 0 Å². The van der Waals surface area contributed by atoms with Crippen LogP contribution < -0.4 is 10.1 Å². The van der Waals surface area contributed by atoms with Gasteiger partial charge in [0.05, 0.1) is 22.7 Å². The molecule has 1 amide bonds. The Bertz CT molecular complexity index is 963. The third-order valence-corrected chi connectivity index (χ3v) is 3.84. The van der Waals surface area contributed by atoms with E-state index in [4.69, 9.17) is 16.3 Å². The number of fused-ring (bicyclic) bond motifs is 1. The van der Waals surface area contributed by atoms with Crippen LogP contribution >= 0.6 is 11.6 Å². The van der Waals surface area contributed by atoms with Crippen LogP contribution in [0.15, 0.2) is 42.7 Å². The van der Waals surface area contributed by atoms with Gasteiger partial charge in [-0.05, 0) is 30.2 Å². The van der Waals surface area contributed by atoms with Crippen molar-refractivity contribution in [1.82, 2.24) is 9.97 Å². The van der Waals surface area contributed by atoms with Crippen molar-refractivity contribution in [3.05, 3.63) is 59.1 Å². The largest absolute Gasteiger partial charge is 0.492 e. The molecule has 0 aliphatic heterocycles. The van der Waals surface area contributed by atoms with E-state index in [-0.39, 0.29) is 5.56 Å². The Balaban J connectivity index is 1.83. The number of carbonyl (C=O) groups excluding carboxylic acids is 1. The minimum Gasteiger partial charge on any atom is -0.492 e. The lowest BCUT2D eigenvalue weighted by Crippen LogP contribution is -2.13. The number of hydrogen-bond acceptors (Lipinski definition) is 4. The Morgan fingerprint density at radius 3 is 2.73 bits per heavy atom. The molecule has 0 spiro atoms. The Kier molecular flexibility index (Phi) is 5.32. The standard InChI is InChI=1S/C19H17ClFN3O2/c1-11(2)10-26-17-4-3-13(9-15(17)20)24-19(25)14-7-12(21)8-16-18(14)23-6-5-22-16/h3-9,11H,10H2,1-2H3,(H,24,25). The summed E-state index contributed by atoms with van der Waals surface area (Å²) in [5.41, 5.74) is 1.21. The molecule has 0 fully saturated rings. The molecule has 1 heterocycles. The normalized spacial score (nSPS) is 11.0. The van der Waals surface area contributed by atoms with Crippen molar-refractivity contribution in [2.24, 2.45) is 5.92 Å². The maximum atomic E-state index is 13.8. The average molecular weight is 374 g/mol. The summed E-state index contributed by atoms with van der Waals surface area (Å²) in [4.78, 5) is 20.7. The van der Waals surface area contributed by atoms with E-state index in [2.05, 4.69) is 15.3 Å². The zero-order valence-electron chi connectivity index (χ0n) is 14.3. The molecule has 0 bridgehead atoms. The van der Waals surface area contributed by atoms with Crippen LogP contribution in [0.1, 0.15) is 24.2 Å². The number of aromatic nitrogens is 2. The summed E-state index contributed by atoms with van der Waals surface area (Å²) in [6.45, 7) is 4.61. The van der Waals surface area contributed by atoms with Crippen molar-refractivity contribution in [2.75, 3.05) is 11.9 Å². The molecule has 5 nitrogen and oxygen atoms in total. The van der Waals surface area contributed by atoms with E-state index in [1.807, 2.05) is 13.8 Å². The van der Waals surface area contributed by atoms with Crippen molar-refractivity contribution in [2.45, 2.75) is 13.8 Å². The van der Waals surface area contributed by atoms with Crippen molar-refractivity contribution in [1.29, 1.82) is 0 Å². The molecule has 0 saturated heterocycles. The number of carbonyl (C=O) groups is 1. The highest BCUT2D eigenvalue weighted by molar-refractivity contribution is 6.32. The zero-order chi connectivity index (χ0) is 18.7. The van der Waals surface area contributed by atoms with Gasteiger partial charge in [0.25, 0.3) is 5.91 Å². The molecule has 0 aliphatic rings. The van der Waals surface area contributed by atoms with E-state index >= 15 is 0 Å². The zero-order valence-corrected chi connectivity index (χ0v) is 15.0. The Labute approximate surface area is 155 Å². The quantitative estimate of drug-likeness (QED) is 0.703. The molecule has 3 aromatic rings. The van der Waals surface area contributed by atoms with Gasteiger partial charge >= 0.3 is 0 Å². The summed E-state index contributed by atoms with van der Waals surface area (Å²) in [6, 6.07) is 7.31. The van der Waals surface area contributed by atoms with Crippen LogP contribution in [-0.2, 0) is 0 Å². The first-order chi connectivity index (χ1) is 12.4. The van der Waals surface area contributed by atoms with Crippen molar-refractivity contribution < 1.29 is 13.9 Å². The third kappa shape index (κ3) is 4.08. The molecule has 26 heavy (non-hydrogen) atoms. The summed E-state index contributed by atoms with van der Waals surface area (Å²) in [6.07, 6.45) is 2.90. The first kappa shape index (κ1) is 18.1. The molecule has 0 unspecified atom stereocenters. The molecule has 7 heteroatoms. The monoisotopic (exact) mass is 373 g/mol. The topological polar surface area (TPSA) is 64.1 Å². The van der Waals surface area contributed by atoms with Crippen LogP contribution in [-0.4, -0.2) is 22.5 Å². The van der Waals surface area contributed by atoms with Crippen molar-refractivity contribution >= 4 is 34.2 Å². The minimum atomic E-state index is -0.557. The maximum Gasteiger partial charge on any atom is 0.258 e. The number of hydrogen-bond donors (Lipinski definition) is 1. The Hall–Kier alpha value is -2.73. The van der Waals surface area contributed by atoms with Crippen LogP contribution in [0.5, 0.6) is 5.75 Å². The number of anilines is 1. The lowest BCUT2D eigenvalue weighted by Gasteiger charge is -2.12. The van der Waals surface area contributed by atoms with Gasteiger partial charge in [0.1, 0.15) is 17.1 Å². The first-order valence-electron chi connectivity index (χ1n) is 8.08. The predicted octanol–water partition coefficient (Wildman–Crippen LogP) is 4.71. The van der Waals surface area contributed by atoms with Crippen molar-refractivity contribution in [3.8, 4) is 5.75 Å². The number of ether oxygens (including phenoxy) is 1. The fourth-order valence-corrected chi connectivity index (χ4v) is 2.60. The van der Waals surface area contributed by atoms with E-state index in [0.717, 1.165) is 6.07 Å². The highest BCUT2D eigenvalue weighted by atomic mass is 35.5. The molecule has 3 rings (SSSR count). The summed E-state index contributed by atoms with van der Waals surface area (Å²) in [7, 11) is 0. The van der Waals surface area contributed by atoms with Gasteiger partial charge in [-0.3, -0.25) is 14.8 Å². The summed E-state index contributed by atoms with van der Waals surface area (Å²) >= 11 is 6.20. The number of rotatable bonds is 5. The second-order valence-corrected chi connectivity index (χ2v) is 6.59. The van der Waals surface area contributed by atoms with E-state index in [1.165, 1.54) is 18.5 Å². The van der Waals surface area contributed by atoms with Gasteiger partial charge in [-0.1, -0.05) is 25.4 Å². The fraction of sp³-hybridized carbons (Fsp3) is 0.211. The van der Waals surface area contributed by atoms with Gasteiger partial charge in [0.2, 0.25) is 0 Å².